The molecule has 1 heterocycles. The van der Waals surface area contributed by atoms with Gasteiger partial charge in [0.2, 0.25) is 0 Å². The number of fused-ring (bicyclic) bond motifs is 1. The molecule has 110 valence electrons. The molecule has 0 saturated heterocycles. The number of hydrogen-bond acceptors (Lipinski definition) is 4. The van der Waals surface area contributed by atoms with E-state index >= 15 is 0 Å². The molecule has 0 radical (unpaired) electrons. The fraction of sp³-hybridized carbons (Fsp3) is 0.0625. The lowest BCUT2D eigenvalue weighted by molar-refractivity contribution is -0.114. The number of hydrazine groups is 1. The molecule has 0 saturated carbocycles. The van der Waals surface area contributed by atoms with Crippen LogP contribution in [0.3, 0.4) is 0 Å². The zero-order valence-corrected chi connectivity index (χ0v) is 11.6. The molecule has 0 fully saturated rings. The van der Waals surface area contributed by atoms with Crippen molar-refractivity contribution in [1.29, 1.82) is 0 Å². The Morgan fingerprint density at radius 3 is 2.68 bits per heavy atom. The molecule has 1 amide bonds. The summed E-state index contributed by atoms with van der Waals surface area (Å²) in [5, 5.41) is 0. The first-order valence-electron chi connectivity index (χ1n) is 6.67. The van der Waals surface area contributed by atoms with Crippen molar-refractivity contribution >= 4 is 23.0 Å². The largest absolute Gasteiger partial charge is 0.289 e. The summed E-state index contributed by atoms with van der Waals surface area (Å²) in [5.74, 6) is 4.26. The molecular weight excluding hydrogens is 283 g/mol. The normalized spacial score (nSPS) is 13.5. The summed E-state index contributed by atoms with van der Waals surface area (Å²) < 4.78 is 13.6. The van der Waals surface area contributed by atoms with Crippen LogP contribution in [0.4, 0.5) is 10.1 Å². The summed E-state index contributed by atoms with van der Waals surface area (Å²) >= 11 is 0. The molecule has 1 aliphatic heterocycles. The molecule has 3 rings (SSSR count). The van der Waals surface area contributed by atoms with Crippen LogP contribution < -0.4 is 11.3 Å². The number of hydrogen-bond donors (Lipinski definition) is 2. The average molecular weight is 296 g/mol. The molecule has 2 aromatic rings. The second-order valence-corrected chi connectivity index (χ2v) is 4.72. The van der Waals surface area contributed by atoms with Crippen LogP contribution in [-0.4, -0.2) is 23.9 Å². The predicted molar refractivity (Wildman–Crippen MR) is 82.8 cm³/mol. The van der Waals surface area contributed by atoms with Gasteiger partial charge < -0.3 is 0 Å². The number of carbonyl (C=O) groups is 1. The lowest BCUT2D eigenvalue weighted by Gasteiger charge is -2.08. The lowest BCUT2D eigenvalue weighted by atomic mass is 10.0. The molecule has 2 aromatic carbocycles. The maximum atomic E-state index is 13.6. The van der Waals surface area contributed by atoms with Crippen molar-refractivity contribution in [2.24, 2.45) is 15.8 Å². The molecule has 1 aliphatic rings. The Kier molecular flexibility index (Phi) is 3.76. The zero-order chi connectivity index (χ0) is 15.5. The fourth-order valence-corrected chi connectivity index (χ4v) is 2.26. The minimum Gasteiger partial charge on any atom is -0.289 e. The molecule has 6 heteroatoms. The first kappa shape index (κ1) is 14.1. The van der Waals surface area contributed by atoms with E-state index in [1.165, 1.54) is 18.2 Å². The van der Waals surface area contributed by atoms with Crippen molar-refractivity contribution in [3.8, 4) is 0 Å². The highest BCUT2D eigenvalue weighted by molar-refractivity contribution is 6.41. The van der Waals surface area contributed by atoms with Crippen LogP contribution in [0.25, 0.3) is 0 Å². The van der Waals surface area contributed by atoms with Crippen molar-refractivity contribution < 1.29 is 9.18 Å². The van der Waals surface area contributed by atoms with Gasteiger partial charge in [0.05, 0.1) is 17.9 Å². The molecule has 5 nitrogen and oxygen atoms in total. The van der Waals surface area contributed by atoms with Gasteiger partial charge in [-0.25, -0.2) is 15.2 Å². The van der Waals surface area contributed by atoms with E-state index in [1.54, 1.807) is 0 Å². The van der Waals surface area contributed by atoms with E-state index in [2.05, 4.69) is 9.98 Å². The second kappa shape index (κ2) is 5.87. The number of nitrogens with one attached hydrogen (secondary N) is 1. The van der Waals surface area contributed by atoms with E-state index < -0.39 is 5.91 Å². The van der Waals surface area contributed by atoms with Gasteiger partial charge in [0.15, 0.2) is 0 Å². The SMILES string of the molecule is NNC(=O)C1=Nc2ccc(F)cc2C(c2ccccc2)=NC1. The number of nitrogens with two attached hydrogens (primary N) is 1. The van der Waals surface area contributed by atoms with Gasteiger partial charge in [-0.15, -0.1) is 0 Å². The standard InChI is InChI=1S/C16H13FN4O/c17-11-6-7-13-12(8-11)15(10-4-2-1-3-5-10)19-9-14(20-13)16(22)21-18/h1-8H,9,18H2,(H,21,22). The van der Waals surface area contributed by atoms with Gasteiger partial charge in [0, 0.05) is 11.1 Å². The Morgan fingerprint density at radius 2 is 1.95 bits per heavy atom. The average Bonchev–Trinajstić information content (AvgIpc) is 2.74. The second-order valence-electron chi connectivity index (χ2n) is 4.72. The Bertz CT molecular complexity index is 784. The van der Waals surface area contributed by atoms with Gasteiger partial charge in [0.25, 0.3) is 5.91 Å². The molecule has 0 unspecified atom stereocenters. The van der Waals surface area contributed by atoms with E-state index in [4.69, 9.17) is 5.84 Å². The maximum Gasteiger partial charge on any atom is 0.281 e. The van der Waals surface area contributed by atoms with Crippen LogP contribution >= 0.6 is 0 Å². The van der Waals surface area contributed by atoms with Gasteiger partial charge >= 0.3 is 0 Å². The van der Waals surface area contributed by atoms with E-state index in [9.17, 15) is 9.18 Å². The summed E-state index contributed by atoms with van der Waals surface area (Å²) in [6.45, 7) is 0.0730. The van der Waals surface area contributed by atoms with Gasteiger partial charge in [-0.05, 0) is 18.2 Å². The summed E-state index contributed by atoms with van der Waals surface area (Å²) in [5.41, 5.74) is 4.69. The van der Waals surface area contributed by atoms with Gasteiger partial charge in [0.1, 0.15) is 11.5 Å². The molecule has 0 atom stereocenters. The first-order chi connectivity index (χ1) is 10.7. The zero-order valence-electron chi connectivity index (χ0n) is 11.6. The predicted octanol–water partition coefficient (Wildman–Crippen LogP) is 1.74. The molecule has 22 heavy (non-hydrogen) atoms. The van der Waals surface area contributed by atoms with Crippen LogP contribution in [-0.2, 0) is 4.79 Å². The third-order valence-corrected chi connectivity index (χ3v) is 3.30. The Morgan fingerprint density at radius 1 is 1.18 bits per heavy atom. The molecule has 0 spiro atoms. The van der Waals surface area contributed by atoms with Crippen LogP contribution in [0.2, 0.25) is 0 Å². The molecular formula is C16H13FN4O. The van der Waals surface area contributed by atoms with Crippen molar-refractivity contribution in [2.75, 3.05) is 6.54 Å². The van der Waals surface area contributed by atoms with Crippen LogP contribution in [0.15, 0.2) is 58.5 Å². The van der Waals surface area contributed by atoms with Crippen molar-refractivity contribution in [2.45, 2.75) is 0 Å². The smallest absolute Gasteiger partial charge is 0.281 e. The van der Waals surface area contributed by atoms with E-state index in [0.29, 0.717) is 17.0 Å². The molecule has 0 bridgehead atoms. The molecule has 0 aliphatic carbocycles. The van der Waals surface area contributed by atoms with Crippen molar-refractivity contribution in [3.05, 3.63) is 65.5 Å². The Labute approximate surface area is 126 Å². The summed E-state index contributed by atoms with van der Waals surface area (Å²) in [7, 11) is 0. The van der Waals surface area contributed by atoms with E-state index in [0.717, 1.165) is 5.56 Å². The van der Waals surface area contributed by atoms with Gasteiger partial charge in [-0.3, -0.25) is 15.2 Å². The topological polar surface area (TPSA) is 79.8 Å². The monoisotopic (exact) mass is 296 g/mol. The first-order valence-corrected chi connectivity index (χ1v) is 6.67. The van der Waals surface area contributed by atoms with Gasteiger partial charge in [-0.1, -0.05) is 30.3 Å². The van der Waals surface area contributed by atoms with Crippen LogP contribution in [0.1, 0.15) is 11.1 Å². The summed E-state index contributed by atoms with van der Waals surface area (Å²) in [6.07, 6.45) is 0. The van der Waals surface area contributed by atoms with E-state index in [1.807, 2.05) is 35.8 Å². The number of halogens is 1. The minimum absolute atomic E-state index is 0.0730. The Hall–Kier alpha value is -2.86. The number of benzene rings is 2. The number of nitrogens with zero attached hydrogens (tertiary/aromatic N) is 2. The highest BCUT2D eigenvalue weighted by Crippen LogP contribution is 2.26. The van der Waals surface area contributed by atoms with Gasteiger partial charge in [-0.2, -0.15) is 0 Å². The van der Waals surface area contributed by atoms with Crippen molar-refractivity contribution in [3.63, 3.8) is 0 Å². The maximum absolute atomic E-state index is 13.6. The number of rotatable bonds is 2. The minimum atomic E-state index is -0.506. The number of carbonyl (C=O) groups excluding carboxylic acids is 1. The highest BCUT2D eigenvalue weighted by Gasteiger charge is 2.19. The molecule has 3 N–H and O–H groups in total. The van der Waals surface area contributed by atoms with E-state index in [-0.39, 0.29) is 18.1 Å². The van der Waals surface area contributed by atoms with Crippen molar-refractivity contribution in [1.82, 2.24) is 5.43 Å². The Balaban J connectivity index is 2.17. The quantitative estimate of drug-likeness (QED) is 0.503. The number of amides is 1. The number of aliphatic imine (C=N–C) groups is 2. The third kappa shape index (κ3) is 2.64. The lowest BCUT2D eigenvalue weighted by Crippen LogP contribution is -2.37. The van der Waals surface area contributed by atoms with Crippen LogP contribution in [0.5, 0.6) is 0 Å². The summed E-state index contributed by atoms with van der Waals surface area (Å²) in [6, 6.07) is 13.6. The molecule has 0 aromatic heterocycles. The third-order valence-electron chi connectivity index (χ3n) is 3.30. The fourth-order valence-electron chi connectivity index (χ4n) is 2.26. The highest BCUT2D eigenvalue weighted by atomic mass is 19.1. The summed E-state index contributed by atoms with van der Waals surface area (Å²) in [4.78, 5) is 20.4. The van der Waals surface area contributed by atoms with Crippen LogP contribution in [0, 0.1) is 5.82 Å².